The van der Waals surface area contributed by atoms with E-state index in [0.29, 0.717) is 75.8 Å². The van der Waals surface area contributed by atoms with Gasteiger partial charge in [-0.25, -0.2) is 23.5 Å². The lowest BCUT2D eigenvalue weighted by Crippen LogP contribution is -2.44. The zero-order valence-electron chi connectivity index (χ0n) is 36.4. The van der Waals surface area contributed by atoms with Crippen LogP contribution in [0.15, 0.2) is 50.2 Å². The van der Waals surface area contributed by atoms with E-state index in [9.17, 15) is 19.5 Å². The van der Waals surface area contributed by atoms with Gasteiger partial charge in [0.15, 0.2) is 34.7 Å². The zero-order valence-corrected chi connectivity index (χ0v) is 36.4. The maximum atomic E-state index is 15.3. The van der Waals surface area contributed by atoms with Crippen molar-refractivity contribution in [3.63, 3.8) is 0 Å². The second-order valence-electron chi connectivity index (χ2n) is 16.2. The van der Waals surface area contributed by atoms with Crippen molar-refractivity contribution >= 4 is 63.1 Å². The minimum atomic E-state index is -1.38. The first-order valence-corrected chi connectivity index (χ1v) is 21.5. The molecule has 0 bridgehead atoms. The number of aromatic carboxylic acids is 1. The molecule has 0 radical (unpaired) electrons. The SMILES string of the molecule is CCn1ccc(=O)c2cc(F)c(N3CCC(N(C)C(=N)CC(=N)CCCCCCCN=C(N)N=C(N)N(C)C4CCN(c5nc6c(cc5F)c(=O)c(C(=O)O)cn6CC)C4)C3)nc21. The number of rotatable bonds is 17. The quantitative estimate of drug-likeness (QED) is 0.0570. The summed E-state index contributed by atoms with van der Waals surface area (Å²) < 4.78 is 33.8. The number of aryl methyl sites for hydroxylation is 2. The summed E-state index contributed by atoms with van der Waals surface area (Å²) in [5.41, 5.74) is 12.1. The van der Waals surface area contributed by atoms with E-state index in [4.69, 9.17) is 22.3 Å². The number of halogens is 2. The van der Waals surface area contributed by atoms with Crippen molar-refractivity contribution < 1.29 is 18.7 Å². The highest BCUT2D eigenvalue weighted by atomic mass is 19.1. The molecule has 0 amide bonds. The van der Waals surface area contributed by atoms with Crippen molar-refractivity contribution in [3.05, 3.63) is 68.2 Å². The third-order valence-corrected chi connectivity index (χ3v) is 12.1. The topological polar surface area (TPSA) is 244 Å². The highest BCUT2D eigenvalue weighted by molar-refractivity contribution is 6.00. The number of carboxylic acid groups (broad SMARTS) is 1. The van der Waals surface area contributed by atoms with Gasteiger partial charge >= 0.3 is 5.97 Å². The fourth-order valence-corrected chi connectivity index (χ4v) is 8.29. The maximum absolute atomic E-state index is 15.3. The molecule has 4 aromatic heterocycles. The van der Waals surface area contributed by atoms with Gasteiger partial charge in [0.25, 0.3) is 0 Å². The van der Waals surface area contributed by atoms with Crippen LogP contribution in [0.25, 0.3) is 22.1 Å². The fraction of sp³-hybridized carbons (Fsp3) is 0.512. The van der Waals surface area contributed by atoms with Crippen LogP contribution < -0.4 is 32.1 Å². The number of hydrogen-bond acceptors (Lipinski definition) is 10. The van der Waals surface area contributed by atoms with Gasteiger partial charge in [0.2, 0.25) is 11.4 Å². The number of unbranched alkanes of at least 4 members (excludes halogenated alkanes) is 4. The summed E-state index contributed by atoms with van der Waals surface area (Å²) in [6, 6.07) is 3.59. The molecular formula is C43H58F2N14O4. The summed E-state index contributed by atoms with van der Waals surface area (Å²) in [4.78, 5) is 61.6. The van der Waals surface area contributed by atoms with Crippen molar-refractivity contribution in [2.24, 2.45) is 21.5 Å². The van der Waals surface area contributed by atoms with E-state index in [0.717, 1.165) is 44.6 Å². The molecule has 0 aromatic carbocycles. The van der Waals surface area contributed by atoms with Crippen LogP contribution in [0.3, 0.4) is 0 Å². The predicted octanol–water partition coefficient (Wildman–Crippen LogP) is 4.20. The molecule has 18 nitrogen and oxygen atoms in total. The lowest BCUT2D eigenvalue weighted by molar-refractivity contribution is 0.0694. The minimum absolute atomic E-state index is 0.0261. The van der Waals surface area contributed by atoms with E-state index in [-0.39, 0.29) is 63.9 Å². The number of hydrogen-bond donors (Lipinski definition) is 5. The first kappa shape index (κ1) is 46.0. The molecule has 2 aliphatic rings. The molecule has 6 heterocycles. The van der Waals surface area contributed by atoms with Crippen LogP contribution >= 0.6 is 0 Å². The second-order valence-corrected chi connectivity index (χ2v) is 16.2. The average molecular weight is 873 g/mol. The number of fused-ring (bicyclic) bond motifs is 2. The molecule has 2 fully saturated rings. The highest BCUT2D eigenvalue weighted by Gasteiger charge is 2.32. The Bertz CT molecular complexity index is 2560. The molecule has 0 saturated carbocycles. The van der Waals surface area contributed by atoms with Crippen molar-refractivity contribution in [1.29, 1.82) is 10.8 Å². The molecule has 2 unspecified atom stereocenters. The van der Waals surface area contributed by atoms with E-state index >= 15 is 8.78 Å². The number of nitrogens with zero attached hydrogens (tertiary/aromatic N) is 10. The fourth-order valence-electron chi connectivity index (χ4n) is 8.29. The smallest absolute Gasteiger partial charge is 0.341 e. The second kappa shape index (κ2) is 20.1. The number of amidine groups is 1. The zero-order chi connectivity index (χ0) is 45.5. The van der Waals surface area contributed by atoms with Crippen LogP contribution in [-0.2, 0) is 13.1 Å². The number of guanidine groups is 2. The molecule has 20 heteroatoms. The van der Waals surface area contributed by atoms with E-state index in [1.807, 2.05) is 28.3 Å². The molecule has 338 valence electrons. The largest absolute Gasteiger partial charge is 0.477 e. The van der Waals surface area contributed by atoms with Crippen molar-refractivity contribution in [3.8, 4) is 0 Å². The summed E-state index contributed by atoms with van der Waals surface area (Å²) >= 11 is 0. The van der Waals surface area contributed by atoms with Gasteiger partial charge in [0, 0.05) is 96.5 Å². The molecule has 4 aromatic rings. The van der Waals surface area contributed by atoms with Crippen LogP contribution in [-0.4, -0.2) is 122 Å². The average Bonchev–Trinajstić information content (AvgIpc) is 3.95. The third kappa shape index (κ3) is 10.4. The number of carbonyl (C=O) groups is 1. The van der Waals surface area contributed by atoms with Gasteiger partial charge in [-0.1, -0.05) is 19.3 Å². The van der Waals surface area contributed by atoms with Gasteiger partial charge in [0.05, 0.1) is 16.8 Å². The Morgan fingerprint density at radius 1 is 0.873 bits per heavy atom. The molecule has 2 aliphatic heterocycles. The van der Waals surface area contributed by atoms with Gasteiger partial charge in [-0.15, -0.1) is 0 Å². The van der Waals surface area contributed by atoms with Gasteiger partial charge in [-0.3, -0.25) is 20.0 Å². The normalized spacial score (nSPS) is 17.0. The maximum Gasteiger partial charge on any atom is 0.341 e. The number of pyridine rings is 4. The molecule has 2 atom stereocenters. The van der Waals surface area contributed by atoms with Crippen LogP contribution in [0.1, 0.15) is 82.0 Å². The summed E-state index contributed by atoms with van der Waals surface area (Å²) in [5, 5.41) is 26.8. The highest BCUT2D eigenvalue weighted by Crippen LogP contribution is 2.28. The van der Waals surface area contributed by atoms with Crippen LogP contribution in [0.5, 0.6) is 0 Å². The van der Waals surface area contributed by atoms with E-state index in [1.54, 1.807) is 30.0 Å². The van der Waals surface area contributed by atoms with Gasteiger partial charge in [0.1, 0.15) is 22.7 Å². The summed E-state index contributed by atoms with van der Waals surface area (Å²) in [6.07, 6.45) is 9.59. The third-order valence-electron chi connectivity index (χ3n) is 12.1. The van der Waals surface area contributed by atoms with Crippen molar-refractivity contribution in [2.75, 3.05) is 56.6 Å². The van der Waals surface area contributed by atoms with Gasteiger partial charge in [-0.2, -0.15) is 4.99 Å². The Labute approximate surface area is 363 Å². The number of aliphatic imine (C=N–C) groups is 2. The van der Waals surface area contributed by atoms with E-state index in [2.05, 4.69) is 20.0 Å². The number of anilines is 2. The first-order valence-electron chi connectivity index (χ1n) is 21.5. The monoisotopic (exact) mass is 872 g/mol. The molecule has 2 saturated heterocycles. The number of nitrogens with two attached hydrogens (primary N) is 2. The Hall–Kier alpha value is -6.47. The molecule has 7 N–H and O–H groups in total. The summed E-state index contributed by atoms with van der Waals surface area (Å²) in [6.45, 7) is 7.04. The van der Waals surface area contributed by atoms with Gasteiger partial charge in [-0.05, 0) is 58.1 Å². The predicted molar refractivity (Wildman–Crippen MR) is 243 cm³/mol. The lowest BCUT2D eigenvalue weighted by Gasteiger charge is -2.27. The standard InChI is InChI=1S/C43H58F2N14O4/c1-5-56-19-15-34(60)29-21-32(44)39(51-37(29)56)58-17-13-27(23-58)54(3)35(47)20-26(46)12-10-8-7-9-11-16-50-42(48)53-43(49)55(4)28-14-18-59(24-28)40-33(45)22-30-36(61)31(41(62)63)25-57(6-2)38(30)52-40/h15,19,21-22,25,27-28,46-47H,5-14,16-18,20,23-24H2,1-4H3,(H,62,63)(H4,48,49,50,53). The van der Waals surface area contributed by atoms with Crippen molar-refractivity contribution in [2.45, 2.75) is 96.8 Å². The van der Waals surface area contributed by atoms with Crippen molar-refractivity contribution in [1.82, 2.24) is 28.9 Å². The van der Waals surface area contributed by atoms with E-state index in [1.165, 1.54) is 22.9 Å². The Kier molecular flexibility index (Phi) is 14.7. The molecule has 0 spiro atoms. The summed E-state index contributed by atoms with van der Waals surface area (Å²) in [7, 11) is 3.63. The number of aromatic nitrogens is 4. The molecule has 6 rings (SSSR count). The van der Waals surface area contributed by atoms with Crippen LogP contribution in [0.4, 0.5) is 20.4 Å². The van der Waals surface area contributed by atoms with Crippen LogP contribution in [0.2, 0.25) is 0 Å². The number of nitrogens with one attached hydrogen (secondary N) is 2. The molecule has 63 heavy (non-hydrogen) atoms. The Morgan fingerprint density at radius 2 is 1.44 bits per heavy atom. The molecular weight excluding hydrogens is 815 g/mol. The van der Waals surface area contributed by atoms with E-state index < -0.39 is 28.6 Å². The summed E-state index contributed by atoms with van der Waals surface area (Å²) in [5.74, 6) is -1.78. The minimum Gasteiger partial charge on any atom is -0.477 e. The Balaban J connectivity index is 0.884. The number of carboxylic acids is 1. The lowest BCUT2D eigenvalue weighted by atomic mass is 10.1. The van der Waals surface area contributed by atoms with Gasteiger partial charge < -0.3 is 50.7 Å². The molecule has 0 aliphatic carbocycles. The first-order chi connectivity index (χ1) is 30.1. The number of likely N-dealkylation sites (N-methyl/N-ethyl adjacent to an activating group) is 2. The van der Waals surface area contributed by atoms with Crippen LogP contribution in [0, 0.1) is 22.5 Å². The Morgan fingerprint density at radius 3 is 2.06 bits per heavy atom.